The van der Waals surface area contributed by atoms with E-state index in [1.54, 1.807) is 32.5 Å². The molecule has 8 heteroatoms. The molecule has 0 aliphatic heterocycles. The summed E-state index contributed by atoms with van der Waals surface area (Å²) in [5, 5.41) is 4.73. The van der Waals surface area contributed by atoms with E-state index in [1.807, 2.05) is 48.2 Å². The maximum Gasteiger partial charge on any atom is 0.173 e. The maximum absolute atomic E-state index is 13.9. The molecule has 176 valence electrons. The second-order valence-electron chi connectivity index (χ2n) is 7.91. The van der Waals surface area contributed by atoms with Crippen molar-refractivity contribution in [3.8, 4) is 11.5 Å². The van der Waals surface area contributed by atoms with Crippen molar-refractivity contribution in [2.45, 2.75) is 19.9 Å². The quantitative estimate of drug-likeness (QED) is 0.328. The van der Waals surface area contributed by atoms with Crippen LogP contribution in [0.1, 0.15) is 17.0 Å². The van der Waals surface area contributed by atoms with Crippen LogP contribution in [0.5, 0.6) is 11.5 Å². The van der Waals surface area contributed by atoms with E-state index in [9.17, 15) is 4.39 Å². The van der Waals surface area contributed by atoms with Crippen molar-refractivity contribution in [3.05, 3.63) is 83.6 Å². The molecule has 0 aliphatic carbocycles. The predicted octanol–water partition coefficient (Wildman–Crippen LogP) is 5.47. The Morgan fingerprint density at radius 1 is 1.12 bits per heavy atom. The van der Waals surface area contributed by atoms with Crippen molar-refractivity contribution in [1.82, 2.24) is 14.9 Å². The molecule has 0 saturated heterocycles. The molecule has 0 bridgehead atoms. The Bertz CT molecular complexity index is 1290. The standard InChI is InChI=1S/C26H27FN4O2S/c1-17-21(22-14-18(27)7-9-23(22)29-17)11-13-31(16-19-6-4-5-12-28-19)26(34)30-24-15-20(32-2)8-10-25(24)33-3/h4-10,12,14-15,29H,11,13,16H2,1-3H3,(H,30,34). The number of rotatable bonds is 8. The zero-order chi connectivity index (χ0) is 24.1. The van der Waals surface area contributed by atoms with Gasteiger partial charge in [-0.1, -0.05) is 6.07 Å². The first kappa shape index (κ1) is 23.5. The number of ether oxygens (including phenoxy) is 2. The SMILES string of the molecule is COc1ccc(OC)c(NC(=S)N(CCc2c(C)[nH]c3ccc(F)cc23)Cc2ccccn2)c1. The molecular weight excluding hydrogens is 451 g/mol. The molecule has 6 nitrogen and oxygen atoms in total. The van der Waals surface area contributed by atoms with Crippen LogP contribution in [0.3, 0.4) is 0 Å². The average Bonchev–Trinajstić information content (AvgIpc) is 3.16. The predicted molar refractivity (Wildman–Crippen MR) is 137 cm³/mol. The first-order valence-corrected chi connectivity index (χ1v) is 11.3. The van der Waals surface area contributed by atoms with Crippen LogP contribution < -0.4 is 14.8 Å². The molecule has 0 saturated carbocycles. The third-order valence-corrected chi connectivity index (χ3v) is 6.09. The minimum absolute atomic E-state index is 0.250. The zero-order valence-corrected chi connectivity index (χ0v) is 20.2. The van der Waals surface area contributed by atoms with Crippen molar-refractivity contribution in [2.75, 3.05) is 26.1 Å². The van der Waals surface area contributed by atoms with E-state index >= 15 is 0 Å². The molecule has 0 amide bonds. The third-order valence-electron chi connectivity index (χ3n) is 5.73. The average molecular weight is 479 g/mol. The van der Waals surface area contributed by atoms with E-state index in [2.05, 4.69) is 15.3 Å². The lowest BCUT2D eigenvalue weighted by Gasteiger charge is -2.26. The third kappa shape index (κ3) is 5.28. The van der Waals surface area contributed by atoms with Gasteiger partial charge in [-0.3, -0.25) is 4.98 Å². The van der Waals surface area contributed by atoms with E-state index in [-0.39, 0.29) is 5.82 Å². The van der Waals surface area contributed by atoms with Crippen LogP contribution in [0.15, 0.2) is 60.8 Å². The Morgan fingerprint density at radius 2 is 1.97 bits per heavy atom. The summed E-state index contributed by atoms with van der Waals surface area (Å²) in [5.74, 6) is 1.10. The van der Waals surface area contributed by atoms with Gasteiger partial charge in [0.15, 0.2) is 5.11 Å². The number of nitrogens with zero attached hydrogens (tertiary/aromatic N) is 2. The van der Waals surface area contributed by atoms with Crippen LogP contribution in [-0.2, 0) is 13.0 Å². The largest absolute Gasteiger partial charge is 0.497 e. The normalized spacial score (nSPS) is 10.8. The first-order valence-electron chi connectivity index (χ1n) is 10.9. The summed E-state index contributed by atoms with van der Waals surface area (Å²) in [6.45, 7) is 3.14. The summed E-state index contributed by atoms with van der Waals surface area (Å²) >= 11 is 5.81. The Balaban J connectivity index is 1.59. The molecule has 4 aromatic rings. The lowest BCUT2D eigenvalue weighted by molar-refractivity contribution is 0.403. The van der Waals surface area contributed by atoms with Gasteiger partial charge in [0, 0.05) is 35.4 Å². The van der Waals surface area contributed by atoms with E-state index in [0.29, 0.717) is 41.8 Å². The van der Waals surface area contributed by atoms with Gasteiger partial charge in [-0.05, 0) is 73.6 Å². The number of anilines is 1. The van der Waals surface area contributed by atoms with Crippen molar-refractivity contribution >= 4 is 33.9 Å². The van der Waals surface area contributed by atoms with Crippen LogP contribution in [-0.4, -0.2) is 40.7 Å². The summed E-state index contributed by atoms with van der Waals surface area (Å²) in [5.41, 5.74) is 4.62. The number of aromatic amines is 1. The highest BCUT2D eigenvalue weighted by Gasteiger charge is 2.17. The lowest BCUT2D eigenvalue weighted by Crippen LogP contribution is -2.36. The highest BCUT2D eigenvalue weighted by Crippen LogP contribution is 2.29. The number of fused-ring (bicyclic) bond motifs is 1. The second kappa shape index (κ2) is 10.5. The van der Waals surface area contributed by atoms with Gasteiger partial charge in [0.05, 0.1) is 32.1 Å². The number of H-pyrrole nitrogens is 1. The second-order valence-corrected chi connectivity index (χ2v) is 8.29. The Morgan fingerprint density at radius 3 is 2.71 bits per heavy atom. The Kier molecular flexibility index (Phi) is 7.27. The number of hydrogen-bond acceptors (Lipinski definition) is 4. The summed E-state index contributed by atoms with van der Waals surface area (Å²) in [7, 11) is 3.23. The van der Waals surface area contributed by atoms with Crippen molar-refractivity contribution in [3.63, 3.8) is 0 Å². The molecule has 0 atom stereocenters. The Labute approximate surface area is 203 Å². The summed E-state index contributed by atoms with van der Waals surface area (Å²) in [4.78, 5) is 9.86. The first-order chi connectivity index (χ1) is 16.5. The van der Waals surface area contributed by atoms with Crippen LogP contribution in [0.2, 0.25) is 0 Å². The van der Waals surface area contributed by atoms with Crippen molar-refractivity contribution in [2.24, 2.45) is 0 Å². The van der Waals surface area contributed by atoms with Gasteiger partial charge in [0.2, 0.25) is 0 Å². The molecular formula is C26H27FN4O2S. The number of nitrogens with one attached hydrogen (secondary N) is 2. The molecule has 0 radical (unpaired) electrons. The Hall–Kier alpha value is -3.65. The monoisotopic (exact) mass is 478 g/mol. The number of pyridine rings is 1. The van der Waals surface area contributed by atoms with Gasteiger partial charge in [-0.15, -0.1) is 0 Å². The number of thiocarbonyl (C=S) groups is 1. The fourth-order valence-electron chi connectivity index (χ4n) is 3.97. The van der Waals surface area contributed by atoms with Gasteiger partial charge >= 0.3 is 0 Å². The maximum atomic E-state index is 13.9. The molecule has 0 aliphatic rings. The van der Waals surface area contributed by atoms with Crippen molar-refractivity contribution < 1.29 is 13.9 Å². The lowest BCUT2D eigenvalue weighted by atomic mass is 10.1. The number of halogens is 1. The molecule has 0 unspecified atom stereocenters. The minimum atomic E-state index is -0.250. The van der Waals surface area contributed by atoms with E-state index in [0.717, 1.165) is 27.9 Å². The zero-order valence-electron chi connectivity index (χ0n) is 19.4. The van der Waals surface area contributed by atoms with Crippen molar-refractivity contribution in [1.29, 1.82) is 0 Å². The van der Waals surface area contributed by atoms with Gasteiger partial charge < -0.3 is 24.7 Å². The molecule has 2 aromatic carbocycles. The fourth-order valence-corrected chi connectivity index (χ4v) is 4.23. The summed E-state index contributed by atoms with van der Waals surface area (Å²) < 4.78 is 24.8. The van der Waals surface area contributed by atoms with E-state index in [1.165, 1.54) is 6.07 Å². The number of aromatic nitrogens is 2. The van der Waals surface area contributed by atoms with Crippen LogP contribution in [0.25, 0.3) is 10.9 Å². The van der Waals surface area contributed by atoms with E-state index in [4.69, 9.17) is 21.7 Å². The topological polar surface area (TPSA) is 62.4 Å². The molecule has 2 heterocycles. The smallest absolute Gasteiger partial charge is 0.173 e. The van der Waals surface area contributed by atoms with Crippen LogP contribution in [0.4, 0.5) is 10.1 Å². The molecule has 4 rings (SSSR count). The van der Waals surface area contributed by atoms with E-state index < -0.39 is 0 Å². The number of aryl methyl sites for hydroxylation is 1. The summed E-state index contributed by atoms with van der Waals surface area (Å²) in [6.07, 6.45) is 2.45. The fraction of sp³-hybridized carbons (Fsp3) is 0.231. The molecule has 2 aromatic heterocycles. The number of methoxy groups -OCH3 is 2. The van der Waals surface area contributed by atoms with Crippen LogP contribution in [0, 0.1) is 12.7 Å². The molecule has 2 N–H and O–H groups in total. The van der Waals surface area contributed by atoms with Gasteiger partial charge in [-0.2, -0.15) is 0 Å². The number of benzene rings is 2. The van der Waals surface area contributed by atoms with Gasteiger partial charge in [0.25, 0.3) is 0 Å². The molecule has 34 heavy (non-hydrogen) atoms. The van der Waals surface area contributed by atoms with Crippen LogP contribution >= 0.6 is 12.2 Å². The van der Waals surface area contributed by atoms with Gasteiger partial charge in [0.1, 0.15) is 17.3 Å². The summed E-state index contributed by atoms with van der Waals surface area (Å²) in [6, 6.07) is 16.1. The highest BCUT2D eigenvalue weighted by molar-refractivity contribution is 7.80. The molecule has 0 fully saturated rings. The number of hydrogen-bond donors (Lipinski definition) is 2. The minimum Gasteiger partial charge on any atom is -0.497 e. The molecule has 0 spiro atoms. The highest BCUT2D eigenvalue weighted by atomic mass is 32.1. The van der Waals surface area contributed by atoms with Gasteiger partial charge in [-0.25, -0.2) is 4.39 Å².